The SMILES string of the molecule is CC/C(=C\C=C(/C)N1CCN(CC2CCN(C(=O)c3ccc(C4CCN(C/C(C)=C/c5c(-c6ccc(N=C(C)COC)c(C)c6)ccnc5C)CC4)cc3)CC2)CC1)NC(CCC=O)C(N)=O. The fraction of sp³-hybridized carbons (Fsp3) is 0.509. The number of piperidine rings is 2. The second kappa shape index (κ2) is 25.1. The standard InChI is InChI=1S/C55H76N8O4/c1-8-49(59-53(54(56)65)10-9-33-64)17-11-42(5)62-31-29-61(30-32-62)37-44-20-27-63(28-21-44)55(66)47-14-12-45(13-15-47)46-22-25-60(26-23-46)36-39(2)34-51-43(6)57-24-19-50(51)48-16-18-52(40(3)35-48)58-41(4)38-67-7/h11-19,24,33-35,44,46,53,59H,8-10,20-23,25-32,36-38H2,1-7H3,(H2,56,65)/b39-34+,42-11+,49-17+,58-41?. The molecule has 1 unspecified atom stereocenters. The highest BCUT2D eigenvalue weighted by atomic mass is 16.5. The number of nitrogens with zero attached hydrogens (tertiary/aromatic N) is 6. The molecule has 3 N–H and O–H groups in total. The van der Waals surface area contributed by atoms with Gasteiger partial charge in [0.05, 0.1) is 12.3 Å². The maximum absolute atomic E-state index is 13.6. The van der Waals surface area contributed by atoms with Crippen LogP contribution in [-0.2, 0) is 14.3 Å². The summed E-state index contributed by atoms with van der Waals surface area (Å²) in [5, 5.41) is 3.23. The number of primary amides is 1. The number of benzene rings is 2. The van der Waals surface area contributed by atoms with Crippen molar-refractivity contribution in [1.82, 2.24) is 29.9 Å². The van der Waals surface area contributed by atoms with Gasteiger partial charge in [0.2, 0.25) is 5.91 Å². The van der Waals surface area contributed by atoms with Gasteiger partial charge in [-0.15, -0.1) is 0 Å². The predicted octanol–water partition coefficient (Wildman–Crippen LogP) is 8.48. The van der Waals surface area contributed by atoms with E-state index in [0.29, 0.717) is 31.3 Å². The van der Waals surface area contributed by atoms with Crippen LogP contribution in [0.4, 0.5) is 5.69 Å². The van der Waals surface area contributed by atoms with Gasteiger partial charge in [-0.05, 0) is 163 Å². The van der Waals surface area contributed by atoms with Gasteiger partial charge in [0, 0.05) is 106 Å². The normalized spacial score (nSPS) is 18.3. The molecule has 3 aromatic rings. The van der Waals surface area contributed by atoms with Crippen LogP contribution in [-0.4, -0.2) is 134 Å². The summed E-state index contributed by atoms with van der Waals surface area (Å²) >= 11 is 0. The van der Waals surface area contributed by atoms with E-state index in [2.05, 4.69) is 118 Å². The molecule has 3 fully saturated rings. The lowest BCUT2D eigenvalue weighted by Gasteiger charge is -2.40. The molecule has 12 nitrogen and oxygen atoms in total. The number of aliphatic imine (C=N–C) groups is 1. The van der Waals surface area contributed by atoms with Crippen molar-refractivity contribution in [3.63, 3.8) is 0 Å². The van der Waals surface area contributed by atoms with Gasteiger partial charge in [-0.25, -0.2) is 0 Å². The van der Waals surface area contributed by atoms with E-state index in [9.17, 15) is 14.4 Å². The van der Waals surface area contributed by atoms with E-state index in [1.54, 1.807) is 7.11 Å². The van der Waals surface area contributed by atoms with Gasteiger partial charge in [-0.2, -0.15) is 0 Å². The van der Waals surface area contributed by atoms with E-state index in [1.165, 1.54) is 33.5 Å². The number of aromatic nitrogens is 1. The summed E-state index contributed by atoms with van der Waals surface area (Å²) in [7, 11) is 1.69. The summed E-state index contributed by atoms with van der Waals surface area (Å²) in [6, 6.07) is 16.6. The van der Waals surface area contributed by atoms with Crippen molar-refractivity contribution < 1.29 is 19.1 Å². The number of nitrogens with one attached hydrogen (secondary N) is 1. The van der Waals surface area contributed by atoms with Crippen LogP contribution >= 0.6 is 0 Å². The first-order chi connectivity index (χ1) is 32.3. The van der Waals surface area contributed by atoms with E-state index in [0.717, 1.165) is 138 Å². The Bertz CT molecular complexity index is 2260. The third-order valence-corrected chi connectivity index (χ3v) is 13.9. The largest absolute Gasteiger partial charge is 0.379 e. The average molecular weight is 913 g/mol. The Labute approximate surface area is 400 Å². The van der Waals surface area contributed by atoms with Crippen molar-refractivity contribution in [3.8, 4) is 11.1 Å². The van der Waals surface area contributed by atoms with Crippen molar-refractivity contribution in [2.75, 3.05) is 79.2 Å². The highest BCUT2D eigenvalue weighted by Gasteiger charge is 2.28. The molecule has 0 aliphatic carbocycles. The number of carbonyl (C=O) groups is 3. The first-order valence-corrected chi connectivity index (χ1v) is 24.6. The molecule has 12 heteroatoms. The smallest absolute Gasteiger partial charge is 0.253 e. The number of rotatable bonds is 20. The molecule has 67 heavy (non-hydrogen) atoms. The zero-order valence-corrected chi connectivity index (χ0v) is 41.4. The fourth-order valence-electron chi connectivity index (χ4n) is 9.86. The van der Waals surface area contributed by atoms with E-state index in [1.807, 2.05) is 26.1 Å². The Morgan fingerprint density at radius 3 is 2.25 bits per heavy atom. The molecule has 0 spiro atoms. The van der Waals surface area contributed by atoms with Crippen molar-refractivity contribution in [2.45, 2.75) is 98.4 Å². The molecule has 3 aliphatic heterocycles. The van der Waals surface area contributed by atoms with Crippen LogP contribution in [0, 0.1) is 19.8 Å². The summed E-state index contributed by atoms with van der Waals surface area (Å²) in [5.41, 5.74) is 18.7. The molecule has 2 amide bonds. The minimum Gasteiger partial charge on any atom is -0.379 e. The topological polar surface area (TPSA) is 137 Å². The Hall–Kier alpha value is -5.43. The van der Waals surface area contributed by atoms with Gasteiger partial charge in [0.1, 0.15) is 12.3 Å². The number of allylic oxidation sites excluding steroid dienone is 4. The first kappa shape index (κ1) is 51.0. The quantitative estimate of drug-likeness (QED) is 0.0650. The van der Waals surface area contributed by atoms with Crippen LogP contribution in [0.3, 0.4) is 0 Å². The number of carbonyl (C=O) groups excluding carboxylic acids is 3. The van der Waals surface area contributed by atoms with Gasteiger partial charge >= 0.3 is 0 Å². The Morgan fingerprint density at radius 1 is 0.896 bits per heavy atom. The van der Waals surface area contributed by atoms with Gasteiger partial charge in [0.15, 0.2) is 0 Å². The van der Waals surface area contributed by atoms with E-state index in [4.69, 9.17) is 15.5 Å². The summed E-state index contributed by atoms with van der Waals surface area (Å²) in [4.78, 5) is 55.4. The molecule has 1 aromatic heterocycles. The van der Waals surface area contributed by atoms with E-state index < -0.39 is 11.9 Å². The highest BCUT2D eigenvalue weighted by Crippen LogP contribution is 2.33. The zero-order chi connectivity index (χ0) is 47.9. The van der Waals surface area contributed by atoms with Crippen molar-refractivity contribution in [1.29, 1.82) is 0 Å². The number of aryl methyl sites for hydroxylation is 2. The number of ether oxygens (including phenoxy) is 1. The first-order valence-electron chi connectivity index (χ1n) is 24.6. The van der Waals surface area contributed by atoms with E-state index >= 15 is 0 Å². The van der Waals surface area contributed by atoms with Crippen LogP contribution < -0.4 is 11.1 Å². The molecule has 360 valence electrons. The Morgan fingerprint density at radius 2 is 1.61 bits per heavy atom. The third-order valence-electron chi connectivity index (χ3n) is 13.9. The fourth-order valence-corrected chi connectivity index (χ4v) is 9.86. The molecule has 0 saturated carbocycles. The third kappa shape index (κ3) is 14.5. The van der Waals surface area contributed by atoms with Crippen LogP contribution in [0.2, 0.25) is 0 Å². The van der Waals surface area contributed by atoms with Crippen LogP contribution in [0.1, 0.15) is 111 Å². The minimum absolute atomic E-state index is 0.154. The molecule has 1 atom stereocenters. The maximum atomic E-state index is 13.6. The van der Waals surface area contributed by atoms with E-state index in [-0.39, 0.29) is 5.91 Å². The second-order valence-corrected chi connectivity index (χ2v) is 19.0. The molecule has 3 saturated heterocycles. The number of nitrogens with two attached hydrogens (primary N) is 1. The average Bonchev–Trinajstić information content (AvgIpc) is 3.33. The number of hydrogen-bond acceptors (Lipinski definition) is 10. The lowest BCUT2D eigenvalue weighted by Crippen LogP contribution is -2.48. The number of pyridine rings is 1. The van der Waals surface area contributed by atoms with Gasteiger partial charge < -0.3 is 30.4 Å². The van der Waals surface area contributed by atoms with Crippen LogP contribution in [0.15, 0.2) is 88.8 Å². The zero-order valence-electron chi connectivity index (χ0n) is 41.4. The Kier molecular flexibility index (Phi) is 19.1. The van der Waals surface area contributed by atoms with Gasteiger partial charge in [-0.1, -0.05) is 36.8 Å². The predicted molar refractivity (Wildman–Crippen MR) is 272 cm³/mol. The summed E-state index contributed by atoms with van der Waals surface area (Å²) < 4.78 is 5.25. The molecular weight excluding hydrogens is 837 g/mol. The maximum Gasteiger partial charge on any atom is 0.253 e. The Balaban J connectivity index is 0.925. The highest BCUT2D eigenvalue weighted by molar-refractivity contribution is 5.94. The summed E-state index contributed by atoms with van der Waals surface area (Å²) in [6.45, 7) is 22.8. The number of piperazine rings is 1. The lowest BCUT2D eigenvalue weighted by molar-refractivity contribution is -0.120. The molecular formula is C55H76N8O4. The summed E-state index contributed by atoms with van der Waals surface area (Å²) in [6.07, 6.45) is 14.9. The molecule has 0 radical (unpaired) electrons. The van der Waals surface area contributed by atoms with Crippen molar-refractivity contribution in [2.24, 2.45) is 16.6 Å². The molecule has 3 aliphatic rings. The second-order valence-electron chi connectivity index (χ2n) is 19.0. The van der Waals surface area contributed by atoms with Crippen molar-refractivity contribution >= 4 is 35.6 Å². The number of aldehydes is 1. The number of methoxy groups -OCH3 is 1. The molecule has 0 bridgehead atoms. The van der Waals surface area contributed by atoms with Crippen LogP contribution in [0.5, 0.6) is 0 Å². The summed E-state index contributed by atoms with van der Waals surface area (Å²) in [5.74, 6) is 0.807. The molecule has 6 rings (SSSR count). The van der Waals surface area contributed by atoms with Gasteiger partial charge in [-0.3, -0.25) is 29.4 Å². The number of hydrogen-bond donors (Lipinski definition) is 2. The monoisotopic (exact) mass is 913 g/mol. The molecule has 4 heterocycles. The van der Waals surface area contributed by atoms with Crippen molar-refractivity contribution in [3.05, 3.63) is 112 Å². The van der Waals surface area contributed by atoms with Gasteiger partial charge in [0.25, 0.3) is 5.91 Å². The molecule has 2 aromatic carbocycles. The number of amides is 2. The minimum atomic E-state index is -0.548. The number of likely N-dealkylation sites (tertiary alicyclic amines) is 2. The van der Waals surface area contributed by atoms with Crippen LogP contribution in [0.25, 0.3) is 17.2 Å². The lowest BCUT2D eigenvalue weighted by atomic mass is 9.88.